The molecule has 0 aromatic heterocycles. The van der Waals surface area contributed by atoms with E-state index in [9.17, 15) is 13.0 Å². The number of hydrogen-bond donors (Lipinski definition) is 1. The predicted octanol–water partition coefficient (Wildman–Crippen LogP) is 10.7. The first kappa shape index (κ1) is 44.9. The van der Waals surface area contributed by atoms with E-state index >= 15 is 0 Å². The van der Waals surface area contributed by atoms with Crippen LogP contribution in [0.2, 0.25) is 0 Å². The van der Waals surface area contributed by atoms with E-state index in [1.54, 1.807) is 19.1 Å². The van der Waals surface area contributed by atoms with Gasteiger partial charge in [-0.15, -0.1) is 6.58 Å². The van der Waals surface area contributed by atoms with Crippen LogP contribution < -0.4 is 0 Å². The summed E-state index contributed by atoms with van der Waals surface area (Å²) in [5.74, 6) is 0. The van der Waals surface area contributed by atoms with E-state index in [0.717, 1.165) is 27.5 Å². The average Bonchev–Trinajstić information content (AvgIpc) is 2.86. The van der Waals surface area contributed by atoms with Crippen molar-refractivity contribution in [1.82, 2.24) is 0 Å². The Labute approximate surface area is 209 Å². The van der Waals surface area contributed by atoms with Gasteiger partial charge in [-0.3, -0.25) is 4.55 Å². The van der Waals surface area contributed by atoms with Crippen LogP contribution >= 0.6 is 0 Å². The van der Waals surface area contributed by atoms with Crippen LogP contribution in [0.4, 0.5) is 0 Å². The Balaban J connectivity index is -0.000000103. The summed E-state index contributed by atoms with van der Waals surface area (Å²) in [5.41, 5.74) is 3.64. The van der Waals surface area contributed by atoms with E-state index in [1.807, 2.05) is 123 Å². The molecule has 0 saturated heterocycles. The molecule has 0 fully saturated rings. The summed E-state index contributed by atoms with van der Waals surface area (Å²) >= 11 is 0. The molecule has 3 nitrogen and oxygen atoms in total. The standard InChI is InChI=1S/C14H16O3S.C3H6.6C2H6/c1-8-5-6-12-10(3)11(4)14(18(15,16)17)7-13(12)9(8)2;1-3-2;6*1-2/h5-7H,1-4H3,(H,15,16,17);3H,1H2,2H3;6*1-2H3. The highest BCUT2D eigenvalue weighted by molar-refractivity contribution is 7.85. The van der Waals surface area contributed by atoms with Crippen LogP contribution in [0.5, 0.6) is 0 Å². The number of rotatable bonds is 1. The molecule has 0 radical (unpaired) electrons. The van der Waals surface area contributed by atoms with Crippen LogP contribution in [0.1, 0.15) is 112 Å². The Morgan fingerprint density at radius 3 is 1.30 bits per heavy atom. The molecule has 2 aromatic rings. The summed E-state index contributed by atoms with van der Waals surface area (Å²) in [4.78, 5) is 0.00111. The Hall–Kier alpha value is -1.65. The first-order chi connectivity index (χ1) is 15.6. The van der Waals surface area contributed by atoms with Gasteiger partial charge in [0, 0.05) is 0 Å². The van der Waals surface area contributed by atoms with Crippen molar-refractivity contribution in [3.8, 4) is 0 Å². The van der Waals surface area contributed by atoms with Crippen LogP contribution in [0, 0.1) is 27.7 Å². The zero-order valence-electron chi connectivity index (χ0n) is 25.2. The maximum absolute atomic E-state index is 11.4. The van der Waals surface area contributed by atoms with Crippen molar-refractivity contribution < 1.29 is 13.0 Å². The van der Waals surface area contributed by atoms with E-state index < -0.39 is 10.1 Å². The number of allylic oxidation sites excluding steroid dienone is 1. The zero-order valence-corrected chi connectivity index (χ0v) is 26.0. The van der Waals surface area contributed by atoms with Crippen LogP contribution in [0.3, 0.4) is 0 Å². The fraction of sp³-hybridized carbons (Fsp3) is 0.586. The second kappa shape index (κ2) is 30.4. The summed E-state index contributed by atoms with van der Waals surface area (Å²) in [5, 5.41) is 1.91. The fourth-order valence-corrected chi connectivity index (χ4v) is 3.05. The van der Waals surface area contributed by atoms with E-state index in [2.05, 4.69) is 6.58 Å². The molecule has 0 saturated carbocycles. The number of hydrogen-bond acceptors (Lipinski definition) is 2. The molecule has 2 rings (SSSR count). The van der Waals surface area contributed by atoms with Crippen molar-refractivity contribution in [2.45, 2.75) is 123 Å². The van der Waals surface area contributed by atoms with Crippen molar-refractivity contribution in [3.05, 3.63) is 53.1 Å². The van der Waals surface area contributed by atoms with Gasteiger partial charge >= 0.3 is 0 Å². The van der Waals surface area contributed by atoms with Crippen LogP contribution in [-0.4, -0.2) is 13.0 Å². The Kier molecular flexibility index (Phi) is 41.3. The summed E-state index contributed by atoms with van der Waals surface area (Å²) < 4.78 is 32.1. The first-order valence-electron chi connectivity index (χ1n) is 12.7. The molecule has 0 atom stereocenters. The lowest BCUT2D eigenvalue weighted by atomic mass is 9.95. The normalized spacial score (nSPS) is 8.06. The Morgan fingerprint density at radius 2 is 1.00 bits per heavy atom. The van der Waals surface area contributed by atoms with Gasteiger partial charge in [0.05, 0.1) is 4.90 Å². The molecular weight excluding hydrogens is 428 g/mol. The highest BCUT2D eigenvalue weighted by Crippen LogP contribution is 2.30. The molecule has 0 unspecified atom stereocenters. The summed E-state index contributed by atoms with van der Waals surface area (Å²) in [6.07, 6.45) is 1.75. The monoisotopic (exact) mass is 486 g/mol. The van der Waals surface area contributed by atoms with Crippen LogP contribution in [-0.2, 0) is 10.1 Å². The lowest BCUT2D eigenvalue weighted by Gasteiger charge is -2.13. The van der Waals surface area contributed by atoms with E-state index in [-0.39, 0.29) is 4.90 Å². The van der Waals surface area contributed by atoms with Gasteiger partial charge in [0.2, 0.25) is 0 Å². The minimum Gasteiger partial charge on any atom is -0.282 e. The van der Waals surface area contributed by atoms with Crippen LogP contribution in [0.15, 0.2) is 35.7 Å². The third kappa shape index (κ3) is 17.5. The fourth-order valence-electron chi connectivity index (χ4n) is 2.24. The molecule has 33 heavy (non-hydrogen) atoms. The highest BCUT2D eigenvalue weighted by Gasteiger charge is 2.17. The topological polar surface area (TPSA) is 54.4 Å². The molecule has 4 heteroatoms. The van der Waals surface area contributed by atoms with Gasteiger partial charge in [-0.25, -0.2) is 0 Å². The molecule has 1 N–H and O–H groups in total. The minimum absolute atomic E-state index is 0.00111. The molecule has 0 bridgehead atoms. The summed E-state index contributed by atoms with van der Waals surface area (Å²) in [6.45, 7) is 36.8. The summed E-state index contributed by atoms with van der Waals surface area (Å²) in [7, 11) is -4.18. The SMILES string of the molecule is C=CC.CC.CC.CC.CC.CC.CC.Cc1ccc2c(C)c(C)c(S(=O)(=O)O)cc2c1C. The lowest BCUT2D eigenvalue weighted by Crippen LogP contribution is -2.03. The van der Waals surface area contributed by atoms with E-state index in [1.165, 1.54) is 0 Å². The highest BCUT2D eigenvalue weighted by atomic mass is 32.2. The van der Waals surface area contributed by atoms with Gasteiger partial charge in [0.25, 0.3) is 10.1 Å². The smallest absolute Gasteiger partial charge is 0.282 e. The van der Waals surface area contributed by atoms with Gasteiger partial charge in [0.1, 0.15) is 0 Å². The molecule has 0 spiro atoms. The third-order valence-electron chi connectivity index (χ3n) is 3.68. The molecule has 0 aliphatic rings. The maximum atomic E-state index is 11.4. The molecule has 0 amide bonds. The van der Waals surface area contributed by atoms with Gasteiger partial charge in [-0.1, -0.05) is 101 Å². The lowest BCUT2D eigenvalue weighted by molar-refractivity contribution is 0.482. The first-order valence-corrected chi connectivity index (χ1v) is 14.1. The molecule has 0 aliphatic carbocycles. The molecule has 198 valence electrons. The molecule has 0 heterocycles. The van der Waals surface area contributed by atoms with E-state index in [0.29, 0.717) is 5.56 Å². The van der Waals surface area contributed by atoms with Gasteiger partial charge < -0.3 is 0 Å². The van der Waals surface area contributed by atoms with E-state index in [4.69, 9.17) is 0 Å². The molecule has 0 aliphatic heterocycles. The summed E-state index contributed by atoms with van der Waals surface area (Å²) in [6, 6.07) is 5.58. The van der Waals surface area contributed by atoms with Crippen molar-refractivity contribution >= 4 is 20.9 Å². The average molecular weight is 487 g/mol. The Morgan fingerprint density at radius 1 is 0.667 bits per heavy atom. The van der Waals surface area contributed by atoms with Crippen molar-refractivity contribution in [2.24, 2.45) is 0 Å². The predicted molar refractivity (Wildman–Crippen MR) is 157 cm³/mol. The second-order valence-corrected chi connectivity index (χ2v) is 6.50. The van der Waals surface area contributed by atoms with Crippen molar-refractivity contribution in [3.63, 3.8) is 0 Å². The number of aryl methyl sites for hydroxylation is 3. The maximum Gasteiger partial charge on any atom is 0.294 e. The van der Waals surface area contributed by atoms with Gasteiger partial charge in [-0.05, 0) is 73.7 Å². The van der Waals surface area contributed by atoms with Gasteiger partial charge in [-0.2, -0.15) is 8.42 Å². The van der Waals surface area contributed by atoms with Crippen molar-refractivity contribution in [2.75, 3.05) is 0 Å². The van der Waals surface area contributed by atoms with Crippen LogP contribution in [0.25, 0.3) is 10.8 Å². The molecular formula is C29H58O3S. The zero-order chi connectivity index (χ0) is 28.4. The van der Waals surface area contributed by atoms with Crippen molar-refractivity contribution in [1.29, 1.82) is 0 Å². The minimum atomic E-state index is -4.18. The Bertz CT molecular complexity index is 790. The van der Waals surface area contributed by atoms with Gasteiger partial charge in [0.15, 0.2) is 0 Å². The third-order valence-corrected chi connectivity index (χ3v) is 4.65. The number of benzene rings is 2. The quantitative estimate of drug-likeness (QED) is 0.322. The second-order valence-electron chi connectivity index (χ2n) is 5.11. The number of fused-ring (bicyclic) bond motifs is 1. The largest absolute Gasteiger partial charge is 0.294 e. The molecule has 2 aromatic carbocycles.